The molecule has 154 valence electrons. The molecule has 6 nitrogen and oxygen atoms in total. The molecule has 2 amide bonds. The van der Waals surface area contributed by atoms with Gasteiger partial charge in [-0.05, 0) is 54.6 Å². The van der Waals surface area contributed by atoms with Crippen LogP contribution < -0.4 is 10.5 Å². The van der Waals surface area contributed by atoms with Gasteiger partial charge in [0.1, 0.15) is 11.5 Å². The lowest BCUT2D eigenvalue weighted by molar-refractivity contribution is 0.0735. The van der Waals surface area contributed by atoms with E-state index in [0.717, 1.165) is 11.9 Å². The molecule has 0 bridgehead atoms. The number of nitrogens with zero attached hydrogens (tertiary/aromatic N) is 1. The van der Waals surface area contributed by atoms with Crippen LogP contribution in [0, 0.1) is 0 Å². The standard InChI is InChI=1S/C25H21N3O3/c26-24(29)16-5-9-18(10-6-16)31-19-11-7-17(8-12-19)25(30)28-14-13-23-21(15-28)20-3-1-2-4-22(20)27-23/h1-12,27H,13-15H2,(H2,26,29). The van der Waals surface area contributed by atoms with E-state index in [2.05, 4.69) is 17.1 Å². The number of nitrogens with two attached hydrogens (primary N) is 1. The Morgan fingerprint density at radius 3 is 2.19 bits per heavy atom. The van der Waals surface area contributed by atoms with Gasteiger partial charge in [-0.25, -0.2) is 0 Å². The van der Waals surface area contributed by atoms with Crippen molar-refractivity contribution in [3.05, 3.63) is 95.2 Å². The minimum Gasteiger partial charge on any atom is -0.457 e. The van der Waals surface area contributed by atoms with E-state index in [1.165, 1.54) is 16.6 Å². The number of carbonyl (C=O) groups excluding carboxylic acids is 2. The third kappa shape index (κ3) is 3.64. The third-order valence-electron chi connectivity index (χ3n) is 5.65. The first kappa shape index (κ1) is 18.9. The average Bonchev–Trinajstić information content (AvgIpc) is 3.17. The van der Waals surface area contributed by atoms with E-state index < -0.39 is 5.91 Å². The lowest BCUT2D eigenvalue weighted by Crippen LogP contribution is -2.35. The van der Waals surface area contributed by atoms with Crippen molar-refractivity contribution < 1.29 is 14.3 Å². The largest absolute Gasteiger partial charge is 0.457 e. The molecule has 1 aromatic heterocycles. The smallest absolute Gasteiger partial charge is 0.254 e. The number of carbonyl (C=O) groups is 2. The maximum Gasteiger partial charge on any atom is 0.254 e. The number of ether oxygens (including phenoxy) is 1. The van der Waals surface area contributed by atoms with E-state index in [-0.39, 0.29) is 5.91 Å². The predicted octanol–water partition coefficient (Wildman–Crippen LogP) is 4.26. The van der Waals surface area contributed by atoms with Gasteiger partial charge in [0.2, 0.25) is 5.91 Å². The van der Waals surface area contributed by atoms with Crippen LogP contribution in [0.25, 0.3) is 10.9 Å². The van der Waals surface area contributed by atoms with E-state index in [0.29, 0.717) is 35.7 Å². The quantitative estimate of drug-likeness (QED) is 0.526. The van der Waals surface area contributed by atoms with Gasteiger partial charge in [-0.2, -0.15) is 0 Å². The molecular weight excluding hydrogens is 390 g/mol. The van der Waals surface area contributed by atoms with Crippen LogP contribution in [-0.2, 0) is 13.0 Å². The van der Waals surface area contributed by atoms with E-state index in [9.17, 15) is 9.59 Å². The molecule has 1 aliphatic heterocycles. The number of H-pyrrole nitrogens is 1. The molecule has 0 aliphatic carbocycles. The molecular formula is C25H21N3O3. The SMILES string of the molecule is NC(=O)c1ccc(Oc2ccc(C(=O)N3CCc4[nH]c5ccccc5c4C3)cc2)cc1. The van der Waals surface area contributed by atoms with Crippen molar-refractivity contribution in [2.75, 3.05) is 6.54 Å². The molecule has 2 heterocycles. The molecule has 0 unspecified atom stereocenters. The summed E-state index contributed by atoms with van der Waals surface area (Å²) in [5.74, 6) is 0.730. The van der Waals surface area contributed by atoms with Gasteiger partial charge < -0.3 is 20.4 Å². The van der Waals surface area contributed by atoms with Gasteiger partial charge in [-0.15, -0.1) is 0 Å². The van der Waals surface area contributed by atoms with Crippen molar-refractivity contribution in [1.29, 1.82) is 0 Å². The van der Waals surface area contributed by atoms with Crippen molar-refractivity contribution in [1.82, 2.24) is 9.88 Å². The van der Waals surface area contributed by atoms with Crippen molar-refractivity contribution in [3.8, 4) is 11.5 Å². The van der Waals surface area contributed by atoms with Crippen LogP contribution in [0.1, 0.15) is 32.0 Å². The van der Waals surface area contributed by atoms with Crippen LogP contribution in [0.5, 0.6) is 11.5 Å². The summed E-state index contributed by atoms with van der Waals surface area (Å²) < 4.78 is 5.80. The minimum absolute atomic E-state index is 0.00768. The molecule has 0 atom stereocenters. The van der Waals surface area contributed by atoms with E-state index in [4.69, 9.17) is 10.5 Å². The second-order valence-corrected chi connectivity index (χ2v) is 7.62. The highest BCUT2D eigenvalue weighted by molar-refractivity contribution is 5.95. The average molecular weight is 411 g/mol. The van der Waals surface area contributed by atoms with E-state index in [1.54, 1.807) is 48.5 Å². The highest BCUT2D eigenvalue weighted by Crippen LogP contribution is 2.29. The number of nitrogens with one attached hydrogen (secondary N) is 1. The first-order chi connectivity index (χ1) is 15.1. The monoisotopic (exact) mass is 411 g/mol. The Bertz CT molecular complexity index is 1270. The van der Waals surface area contributed by atoms with Gasteiger partial charge in [0, 0.05) is 52.8 Å². The molecule has 0 saturated carbocycles. The summed E-state index contributed by atoms with van der Waals surface area (Å²) in [4.78, 5) is 29.6. The number of primary amides is 1. The molecule has 6 heteroatoms. The Kier molecular flexibility index (Phi) is 4.67. The molecule has 31 heavy (non-hydrogen) atoms. The van der Waals surface area contributed by atoms with Crippen molar-refractivity contribution in [2.24, 2.45) is 5.73 Å². The maximum absolute atomic E-state index is 13.1. The summed E-state index contributed by atoms with van der Waals surface area (Å²) >= 11 is 0. The number of aromatic nitrogens is 1. The van der Waals surface area contributed by atoms with Crippen LogP contribution >= 0.6 is 0 Å². The van der Waals surface area contributed by atoms with Crippen LogP contribution in [0.2, 0.25) is 0 Å². The summed E-state index contributed by atoms with van der Waals surface area (Å²) in [6.45, 7) is 1.28. The number of amides is 2. The van der Waals surface area contributed by atoms with E-state index in [1.807, 2.05) is 17.0 Å². The van der Waals surface area contributed by atoms with Crippen LogP contribution in [0.4, 0.5) is 0 Å². The lowest BCUT2D eigenvalue weighted by atomic mass is 10.0. The number of fused-ring (bicyclic) bond motifs is 3. The number of hydrogen-bond acceptors (Lipinski definition) is 3. The van der Waals surface area contributed by atoms with Gasteiger partial charge in [0.05, 0.1) is 0 Å². The Hall–Kier alpha value is -4.06. The van der Waals surface area contributed by atoms with Crippen molar-refractivity contribution in [2.45, 2.75) is 13.0 Å². The fourth-order valence-corrected chi connectivity index (χ4v) is 4.01. The summed E-state index contributed by atoms with van der Waals surface area (Å²) in [7, 11) is 0. The summed E-state index contributed by atoms with van der Waals surface area (Å²) in [5.41, 5.74) is 9.84. The zero-order valence-corrected chi connectivity index (χ0v) is 16.8. The first-order valence-electron chi connectivity index (χ1n) is 10.1. The van der Waals surface area contributed by atoms with Gasteiger partial charge in [0.25, 0.3) is 5.91 Å². The van der Waals surface area contributed by atoms with Crippen LogP contribution in [0.15, 0.2) is 72.8 Å². The molecule has 3 aromatic carbocycles. The van der Waals surface area contributed by atoms with Gasteiger partial charge in [-0.3, -0.25) is 9.59 Å². The van der Waals surface area contributed by atoms with Crippen molar-refractivity contribution >= 4 is 22.7 Å². The third-order valence-corrected chi connectivity index (χ3v) is 5.65. The molecule has 0 saturated heterocycles. The number of para-hydroxylation sites is 1. The Balaban J connectivity index is 1.29. The molecule has 5 rings (SSSR count). The zero-order chi connectivity index (χ0) is 21.4. The molecule has 1 aliphatic rings. The predicted molar refractivity (Wildman–Crippen MR) is 118 cm³/mol. The number of hydrogen-bond donors (Lipinski definition) is 2. The maximum atomic E-state index is 13.1. The summed E-state index contributed by atoms with van der Waals surface area (Å²) in [5, 5.41) is 1.18. The van der Waals surface area contributed by atoms with Crippen LogP contribution in [0.3, 0.4) is 0 Å². The lowest BCUT2D eigenvalue weighted by Gasteiger charge is -2.27. The number of benzene rings is 3. The second kappa shape index (κ2) is 7.65. The van der Waals surface area contributed by atoms with E-state index >= 15 is 0 Å². The van der Waals surface area contributed by atoms with Gasteiger partial charge in [0.15, 0.2) is 0 Å². The summed E-state index contributed by atoms with van der Waals surface area (Å²) in [6, 6.07) is 21.9. The molecule has 0 radical (unpaired) electrons. The topological polar surface area (TPSA) is 88.4 Å². The molecule has 3 N–H and O–H groups in total. The van der Waals surface area contributed by atoms with Gasteiger partial charge in [-0.1, -0.05) is 18.2 Å². The second-order valence-electron chi connectivity index (χ2n) is 7.62. The Labute approximate surface area is 179 Å². The van der Waals surface area contributed by atoms with Gasteiger partial charge >= 0.3 is 0 Å². The minimum atomic E-state index is -0.480. The summed E-state index contributed by atoms with van der Waals surface area (Å²) in [6.07, 6.45) is 0.818. The number of rotatable bonds is 4. The van der Waals surface area contributed by atoms with Crippen LogP contribution in [-0.4, -0.2) is 28.2 Å². The molecule has 0 fully saturated rings. The Morgan fingerprint density at radius 2 is 1.52 bits per heavy atom. The fraction of sp³-hybridized carbons (Fsp3) is 0.120. The highest BCUT2D eigenvalue weighted by Gasteiger charge is 2.24. The highest BCUT2D eigenvalue weighted by atomic mass is 16.5. The molecule has 4 aromatic rings. The first-order valence-corrected chi connectivity index (χ1v) is 10.1. The van der Waals surface area contributed by atoms with Crippen molar-refractivity contribution in [3.63, 3.8) is 0 Å². The zero-order valence-electron chi connectivity index (χ0n) is 16.8. The number of aromatic amines is 1. The fourth-order valence-electron chi connectivity index (χ4n) is 4.01. The molecule has 0 spiro atoms. The normalized spacial score (nSPS) is 13.1. The Morgan fingerprint density at radius 1 is 0.871 bits per heavy atom.